The number of anilines is 1. The highest BCUT2D eigenvalue weighted by Crippen LogP contribution is 2.43. The predicted molar refractivity (Wildman–Crippen MR) is 108 cm³/mol. The second-order valence-corrected chi connectivity index (χ2v) is 7.30. The summed E-state index contributed by atoms with van der Waals surface area (Å²) in [6, 6.07) is 6.25. The van der Waals surface area contributed by atoms with E-state index in [1.54, 1.807) is 39.0 Å². The van der Waals surface area contributed by atoms with E-state index in [1.807, 2.05) is 0 Å². The van der Waals surface area contributed by atoms with Crippen LogP contribution < -0.4 is 14.8 Å². The van der Waals surface area contributed by atoms with Gasteiger partial charge in [-0.3, -0.25) is 9.59 Å². The van der Waals surface area contributed by atoms with Crippen LogP contribution in [-0.4, -0.2) is 11.9 Å². The van der Waals surface area contributed by atoms with Crippen LogP contribution in [0, 0.1) is 12.8 Å². The highest BCUT2D eigenvalue weighted by atomic mass is 35.5. The van der Waals surface area contributed by atoms with Gasteiger partial charge in [-0.15, -0.1) is 0 Å². The standard InChI is InChI=1S/C19H18Cl3NO4/c1-9(2)19(25)23-15-6-5-12(7-13(15)20)27-18-14(21)8-16(26-11(4)24)10(3)17(18)22/h5-9H,1-4H3,(H,23,25). The molecule has 1 N–H and O–H groups in total. The summed E-state index contributed by atoms with van der Waals surface area (Å²) >= 11 is 18.8. The van der Waals surface area contributed by atoms with Crippen LogP contribution in [0.15, 0.2) is 24.3 Å². The number of nitrogens with one attached hydrogen (secondary N) is 1. The molecule has 0 unspecified atom stereocenters. The van der Waals surface area contributed by atoms with E-state index in [0.29, 0.717) is 22.0 Å². The minimum absolute atomic E-state index is 0.145. The topological polar surface area (TPSA) is 64.6 Å². The van der Waals surface area contributed by atoms with Crippen LogP contribution in [0.25, 0.3) is 0 Å². The van der Waals surface area contributed by atoms with Crippen molar-refractivity contribution in [3.8, 4) is 17.2 Å². The molecule has 0 saturated heterocycles. The zero-order valence-corrected chi connectivity index (χ0v) is 17.4. The summed E-state index contributed by atoms with van der Waals surface area (Å²) in [4.78, 5) is 23.0. The Hall–Kier alpha value is -1.95. The van der Waals surface area contributed by atoms with Crippen LogP contribution in [0.4, 0.5) is 5.69 Å². The molecule has 5 nitrogen and oxygen atoms in total. The largest absolute Gasteiger partial charge is 0.454 e. The van der Waals surface area contributed by atoms with Crippen LogP contribution in [0.2, 0.25) is 15.1 Å². The van der Waals surface area contributed by atoms with Crippen molar-refractivity contribution in [3.63, 3.8) is 0 Å². The molecule has 27 heavy (non-hydrogen) atoms. The van der Waals surface area contributed by atoms with Gasteiger partial charge in [-0.05, 0) is 19.1 Å². The van der Waals surface area contributed by atoms with E-state index in [-0.39, 0.29) is 33.4 Å². The summed E-state index contributed by atoms with van der Waals surface area (Å²) in [6.07, 6.45) is 0. The highest BCUT2D eigenvalue weighted by molar-refractivity contribution is 6.38. The molecular weight excluding hydrogens is 413 g/mol. The minimum atomic E-state index is -0.482. The SMILES string of the molecule is CC(=O)Oc1cc(Cl)c(Oc2ccc(NC(=O)C(C)C)c(Cl)c2)c(Cl)c1C. The quantitative estimate of drug-likeness (QED) is 0.448. The molecule has 2 aromatic rings. The number of rotatable bonds is 5. The maximum Gasteiger partial charge on any atom is 0.308 e. The van der Waals surface area contributed by atoms with Gasteiger partial charge >= 0.3 is 5.97 Å². The smallest absolute Gasteiger partial charge is 0.308 e. The Balaban J connectivity index is 2.29. The molecule has 0 atom stereocenters. The average Bonchev–Trinajstić information content (AvgIpc) is 2.58. The van der Waals surface area contributed by atoms with Crippen molar-refractivity contribution in [3.05, 3.63) is 44.9 Å². The molecule has 0 bridgehead atoms. The van der Waals surface area contributed by atoms with Gasteiger partial charge in [-0.25, -0.2) is 0 Å². The number of benzene rings is 2. The van der Waals surface area contributed by atoms with E-state index in [2.05, 4.69) is 5.32 Å². The van der Waals surface area contributed by atoms with Crippen LogP contribution in [-0.2, 0) is 9.59 Å². The zero-order valence-electron chi connectivity index (χ0n) is 15.2. The second kappa shape index (κ2) is 8.83. The van der Waals surface area contributed by atoms with E-state index >= 15 is 0 Å². The summed E-state index contributed by atoms with van der Waals surface area (Å²) < 4.78 is 10.8. The molecule has 0 aliphatic rings. The summed E-state index contributed by atoms with van der Waals surface area (Å²) in [7, 11) is 0. The summed E-state index contributed by atoms with van der Waals surface area (Å²) in [5, 5.41) is 3.43. The lowest BCUT2D eigenvalue weighted by molar-refractivity contribution is -0.132. The maximum absolute atomic E-state index is 11.8. The molecule has 144 valence electrons. The number of amides is 1. The lowest BCUT2D eigenvalue weighted by atomic mass is 10.2. The Morgan fingerprint density at radius 2 is 1.74 bits per heavy atom. The number of esters is 1. The van der Waals surface area contributed by atoms with E-state index in [4.69, 9.17) is 44.3 Å². The third-order valence-corrected chi connectivity index (χ3v) is 4.62. The Morgan fingerprint density at radius 1 is 1.07 bits per heavy atom. The van der Waals surface area contributed by atoms with Gasteiger partial charge < -0.3 is 14.8 Å². The molecule has 8 heteroatoms. The van der Waals surface area contributed by atoms with Crippen molar-refractivity contribution in [1.82, 2.24) is 0 Å². The lowest BCUT2D eigenvalue weighted by Gasteiger charge is -2.15. The van der Waals surface area contributed by atoms with Crippen molar-refractivity contribution in [2.45, 2.75) is 27.7 Å². The van der Waals surface area contributed by atoms with Crippen LogP contribution in [0.1, 0.15) is 26.3 Å². The zero-order chi connectivity index (χ0) is 20.3. The van der Waals surface area contributed by atoms with Gasteiger partial charge in [0.15, 0.2) is 5.75 Å². The minimum Gasteiger partial charge on any atom is -0.454 e. The van der Waals surface area contributed by atoms with Gasteiger partial charge in [0.25, 0.3) is 0 Å². The van der Waals surface area contributed by atoms with Gasteiger partial charge in [0.1, 0.15) is 11.5 Å². The average molecular weight is 431 g/mol. The Kier molecular flexibility index (Phi) is 6.98. The Labute approximate surface area is 172 Å². The third-order valence-electron chi connectivity index (χ3n) is 3.57. The molecule has 0 heterocycles. The number of carbonyl (C=O) groups excluding carboxylic acids is 2. The predicted octanol–water partition coefficient (Wildman–Crippen LogP) is 6.27. The van der Waals surface area contributed by atoms with Crippen LogP contribution in [0.3, 0.4) is 0 Å². The normalized spacial score (nSPS) is 10.7. The van der Waals surface area contributed by atoms with Gasteiger partial charge in [-0.1, -0.05) is 48.7 Å². The first-order valence-corrected chi connectivity index (χ1v) is 9.18. The van der Waals surface area contributed by atoms with Crippen LogP contribution >= 0.6 is 34.8 Å². The number of hydrogen-bond donors (Lipinski definition) is 1. The van der Waals surface area contributed by atoms with E-state index in [1.165, 1.54) is 13.0 Å². The summed E-state index contributed by atoms with van der Waals surface area (Å²) in [5.41, 5.74) is 0.986. The van der Waals surface area contributed by atoms with Crippen molar-refractivity contribution in [2.24, 2.45) is 5.92 Å². The molecule has 0 fully saturated rings. The number of hydrogen-bond acceptors (Lipinski definition) is 4. The van der Waals surface area contributed by atoms with Crippen LogP contribution in [0.5, 0.6) is 17.2 Å². The van der Waals surface area contributed by atoms with Gasteiger partial charge in [0.2, 0.25) is 5.91 Å². The molecule has 0 aliphatic carbocycles. The van der Waals surface area contributed by atoms with E-state index in [9.17, 15) is 9.59 Å². The fourth-order valence-corrected chi connectivity index (χ4v) is 2.81. The third kappa shape index (κ3) is 5.28. The van der Waals surface area contributed by atoms with Gasteiger partial charge in [0.05, 0.1) is 20.8 Å². The number of ether oxygens (including phenoxy) is 2. The van der Waals surface area contributed by atoms with Gasteiger partial charge in [-0.2, -0.15) is 0 Å². The van der Waals surface area contributed by atoms with Crippen molar-refractivity contribution in [2.75, 3.05) is 5.32 Å². The Bertz CT molecular complexity index is 897. The molecule has 1 amide bonds. The molecule has 0 aromatic heterocycles. The molecule has 2 aromatic carbocycles. The number of carbonyl (C=O) groups is 2. The fourth-order valence-electron chi connectivity index (χ4n) is 2.08. The van der Waals surface area contributed by atoms with Gasteiger partial charge in [0, 0.05) is 30.5 Å². The molecule has 0 aliphatic heterocycles. The maximum atomic E-state index is 11.8. The van der Waals surface area contributed by atoms with E-state index < -0.39 is 5.97 Å². The lowest BCUT2D eigenvalue weighted by Crippen LogP contribution is -2.17. The molecule has 0 spiro atoms. The second-order valence-electron chi connectivity index (χ2n) is 6.11. The first-order valence-electron chi connectivity index (χ1n) is 8.05. The van der Waals surface area contributed by atoms with Crippen molar-refractivity contribution < 1.29 is 19.1 Å². The monoisotopic (exact) mass is 429 g/mol. The first kappa shape index (κ1) is 21.4. The molecule has 0 radical (unpaired) electrons. The van der Waals surface area contributed by atoms with E-state index in [0.717, 1.165) is 0 Å². The summed E-state index contributed by atoms with van der Waals surface area (Å²) in [5.74, 6) is 0.0498. The number of halogens is 3. The Morgan fingerprint density at radius 3 is 2.30 bits per heavy atom. The fraction of sp³-hybridized carbons (Fsp3) is 0.263. The first-order chi connectivity index (χ1) is 12.6. The molecule has 0 saturated carbocycles. The molecular formula is C19H18Cl3NO4. The molecule has 2 rings (SSSR count). The highest BCUT2D eigenvalue weighted by Gasteiger charge is 2.18. The van der Waals surface area contributed by atoms with Crippen molar-refractivity contribution in [1.29, 1.82) is 0 Å². The summed E-state index contributed by atoms with van der Waals surface area (Å²) in [6.45, 7) is 6.54. The van der Waals surface area contributed by atoms with Crippen molar-refractivity contribution >= 4 is 52.4 Å².